The summed E-state index contributed by atoms with van der Waals surface area (Å²) in [7, 11) is 0. The topological polar surface area (TPSA) is 106 Å². The van der Waals surface area contributed by atoms with E-state index in [-0.39, 0.29) is 21.7 Å². The molecule has 0 bridgehead atoms. The van der Waals surface area contributed by atoms with Gasteiger partial charge in [0.2, 0.25) is 0 Å². The van der Waals surface area contributed by atoms with Gasteiger partial charge in [-0.25, -0.2) is 4.90 Å². The van der Waals surface area contributed by atoms with E-state index in [1.807, 2.05) is 0 Å². The van der Waals surface area contributed by atoms with Gasteiger partial charge >= 0.3 is 6.18 Å². The summed E-state index contributed by atoms with van der Waals surface area (Å²) < 4.78 is 38.3. The lowest BCUT2D eigenvalue weighted by atomic mass is 10.0. The third-order valence-corrected chi connectivity index (χ3v) is 3.18. The molecule has 1 aromatic rings. The molecule has 1 aliphatic heterocycles. The van der Waals surface area contributed by atoms with Crippen molar-refractivity contribution in [2.45, 2.75) is 18.6 Å². The van der Waals surface area contributed by atoms with Crippen LogP contribution in [-0.2, 0) is 4.79 Å². The number of carbonyl (C=O) groups is 3. The second-order valence-electron chi connectivity index (χ2n) is 4.72. The van der Waals surface area contributed by atoms with Gasteiger partial charge in [0.05, 0.1) is 11.1 Å². The monoisotopic (exact) mass is 301 g/mol. The van der Waals surface area contributed by atoms with E-state index in [4.69, 9.17) is 11.5 Å². The Hall–Kier alpha value is -2.42. The van der Waals surface area contributed by atoms with E-state index in [0.29, 0.717) is 6.92 Å². The van der Waals surface area contributed by atoms with Crippen LogP contribution in [0.3, 0.4) is 0 Å². The van der Waals surface area contributed by atoms with Gasteiger partial charge < -0.3 is 11.5 Å². The minimum Gasteiger partial charge on any atom is -0.398 e. The summed E-state index contributed by atoms with van der Waals surface area (Å²) in [6.45, 7) is 0.391. The number of halogens is 3. The molecule has 1 heterocycles. The van der Waals surface area contributed by atoms with Gasteiger partial charge in [-0.1, -0.05) is 6.07 Å². The number of alkyl halides is 3. The molecule has 1 unspecified atom stereocenters. The molecule has 0 aromatic heterocycles. The van der Waals surface area contributed by atoms with Crippen LogP contribution in [-0.4, -0.2) is 34.3 Å². The van der Waals surface area contributed by atoms with Crippen LogP contribution < -0.4 is 11.5 Å². The van der Waals surface area contributed by atoms with Crippen LogP contribution >= 0.6 is 0 Å². The van der Waals surface area contributed by atoms with Gasteiger partial charge in [0.25, 0.3) is 17.7 Å². The molecule has 1 aliphatic rings. The van der Waals surface area contributed by atoms with Gasteiger partial charge in [0, 0.05) is 5.69 Å². The zero-order valence-corrected chi connectivity index (χ0v) is 10.7. The van der Waals surface area contributed by atoms with Crippen LogP contribution in [0.2, 0.25) is 0 Å². The van der Waals surface area contributed by atoms with Crippen molar-refractivity contribution in [3.05, 3.63) is 29.3 Å². The lowest BCUT2D eigenvalue weighted by Crippen LogP contribution is -2.63. The van der Waals surface area contributed by atoms with Crippen LogP contribution in [0.1, 0.15) is 27.6 Å². The van der Waals surface area contributed by atoms with Gasteiger partial charge in [0.1, 0.15) is 0 Å². The third-order valence-electron chi connectivity index (χ3n) is 3.18. The number of nitrogens with two attached hydrogens (primary N) is 2. The van der Waals surface area contributed by atoms with Crippen LogP contribution in [0.25, 0.3) is 0 Å². The number of fused-ring (bicyclic) bond motifs is 1. The van der Waals surface area contributed by atoms with Crippen molar-refractivity contribution >= 4 is 23.4 Å². The van der Waals surface area contributed by atoms with E-state index in [2.05, 4.69) is 0 Å². The standard InChI is InChI=1S/C12H10F3N3O3/c1-11(17,12(13,14)15)10(21)18-8(19)5-3-2-4-6(16)7(5)9(18)20/h2-4H,16-17H2,1H3. The van der Waals surface area contributed by atoms with Crippen LogP contribution in [0, 0.1) is 0 Å². The highest BCUT2D eigenvalue weighted by molar-refractivity contribution is 6.31. The number of nitrogen functional groups attached to an aromatic ring is 1. The van der Waals surface area contributed by atoms with E-state index < -0.39 is 29.4 Å². The van der Waals surface area contributed by atoms with Crippen molar-refractivity contribution in [2.75, 3.05) is 5.73 Å². The molecule has 6 nitrogen and oxygen atoms in total. The van der Waals surface area contributed by atoms with Crippen molar-refractivity contribution in [3.8, 4) is 0 Å². The number of benzene rings is 1. The SMILES string of the molecule is CC(N)(C(=O)N1C(=O)c2cccc(N)c2C1=O)C(F)(F)F. The number of anilines is 1. The Morgan fingerprint density at radius 1 is 1.19 bits per heavy atom. The van der Waals surface area contributed by atoms with Gasteiger partial charge in [-0.2, -0.15) is 13.2 Å². The van der Waals surface area contributed by atoms with Crippen molar-refractivity contribution in [1.29, 1.82) is 0 Å². The fraction of sp³-hybridized carbons (Fsp3) is 0.250. The largest absolute Gasteiger partial charge is 0.415 e. The zero-order chi connectivity index (χ0) is 16.2. The minimum absolute atomic E-state index is 0.105. The van der Waals surface area contributed by atoms with Gasteiger partial charge in [0.15, 0.2) is 5.54 Å². The molecule has 0 fully saturated rings. The average Bonchev–Trinajstić information content (AvgIpc) is 2.61. The maximum Gasteiger partial charge on any atom is 0.415 e. The molecule has 0 saturated heterocycles. The molecule has 9 heteroatoms. The van der Waals surface area contributed by atoms with E-state index in [1.54, 1.807) is 0 Å². The van der Waals surface area contributed by atoms with E-state index >= 15 is 0 Å². The highest BCUT2D eigenvalue weighted by Crippen LogP contribution is 2.34. The molecule has 4 N–H and O–H groups in total. The zero-order valence-electron chi connectivity index (χ0n) is 10.7. The van der Waals surface area contributed by atoms with Crippen molar-refractivity contribution in [1.82, 2.24) is 4.90 Å². The first kappa shape index (κ1) is 15.0. The lowest BCUT2D eigenvalue weighted by molar-refractivity contribution is -0.190. The highest BCUT2D eigenvalue weighted by Gasteiger charge is 2.58. The summed E-state index contributed by atoms with van der Waals surface area (Å²) in [6, 6.07) is 3.84. The average molecular weight is 301 g/mol. The fourth-order valence-electron chi connectivity index (χ4n) is 1.85. The second kappa shape index (κ2) is 4.29. The molecule has 0 aliphatic carbocycles. The van der Waals surface area contributed by atoms with E-state index in [9.17, 15) is 27.6 Å². The summed E-state index contributed by atoms with van der Waals surface area (Å²) >= 11 is 0. The fourth-order valence-corrected chi connectivity index (χ4v) is 1.85. The maximum atomic E-state index is 12.8. The second-order valence-corrected chi connectivity index (χ2v) is 4.72. The first-order chi connectivity index (χ1) is 9.50. The number of hydrogen-bond donors (Lipinski definition) is 2. The number of amides is 3. The third kappa shape index (κ3) is 1.97. The highest BCUT2D eigenvalue weighted by atomic mass is 19.4. The van der Waals surface area contributed by atoms with Crippen LogP contribution in [0.15, 0.2) is 18.2 Å². The summed E-state index contributed by atoms with van der Waals surface area (Å²) in [6.07, 6.45) is -5.12. The van der Waals surface area contributed by atoms with Gasteiger partial charge in [-0.05, 0) is 19.1 Å². The number of carbonyl (C=O) groups excluding carboxylic acids is 3. The molecular formula is C12H10F3N3O3. The summed E-state index contributed by atoms with van der Waals surface area (Å²) in [4.78, 5) is 35.8. The molecule has 21 heavy (non-hydrogen) atoms. The minimum atomic E-state index is -5.12. The first-order valence-corrected chi connectivity index (χ1v) is 5.67. The normalized spacial score (nSPS) is 17.7. The molecular weight excluding hydrogens is 291 g/mol. The Morgan fingerprint density at radius 3 is 2.24 bits per heavy atom. The van der Waals surface area contributed by atoms with Gasteiger partial charge in [-0.15, -0.1) is 0 Å². The number of imide groups is 3. The maximum absolute atomic E-state index is 12.8. The first-order valence-electron chi connectivity index (χ1n) is 5.67. The Kier molecular flexibility index (Phi) is 3.06. The number of nitrogens with zero attached hydrogens (tertiary/aromatic N) is 1. The van der Waals surface area contributed by atoms with E-state index in [1.165, 1.54) is 18.2 Å². The number of rotatable bonds is 1. The summed E-state index contributed by atoms with van der Waals surface area (Å²) in [5.74, 6) is -4.23. The predicted molar refractivity (Wildman–Crippen MR) is 65.0 cm³/mol. The molecule has 1 atom stereocenters. The van der Waals surface area contributed by atoms with Crippen molar-refractivity contribution < 1.29 is 27.6 Å². The molecule has 0 saturated carbocycles. The predicted octanol–water partition coefficient (Wildman–Crippen LogP) is 0.671. The molecule has 0 spiro atoms. The number of hydrogen-bond acceptors (Lipinski definition) is 5. The molecule has 2 rings (SSSR count). The quantitative estimate of drug-likeness (QED) is 0.585. The molecule has 1 aromatic carbocycles. The van der Waals surface area contributed by atoms with E-state index in [0.717, 1.165) is 0 Å². The van der Waals surface area contributed by atoms with Crippen LogP contribution in [0.5, 0.6) is 0 Å². The Bertz CT molecular complexity index is 667. The Labute approximate surface area is 116 Å². The summed E-state index contributed by atoms with van der Waals surface area (Å²) in [5.41, 5.74) is 6.48. The molecule has 112 valence electrons. The van der Waals surface area contributed by atoms with Crippen molar-refractivity contribution in [3.63, 3.8) is 0 Å². The molecule has 3 amide bonds. The summed E-state index contributed by atoms with van der Waals surface area (Å²) in [5, 5.41) is 0. The van der Waals surface area contributed by atoms with Gasteiger partial charge in [-0.3, -0.25) is 14.4 Å². The van der Waals surface area contributed by atoms with Crippen LogP contribution in [0.4, 0.5) is 18.9 Å². The molecule has 0 radical (unpaired) electrons. The Morgan fingerprint density at radius 2 is 1.76 bits per heavy atom. The Balaban J connectivity index is 2.50. The lowest BCUT2D eigenvalue weighted by Gasteiger charge is -2.28. The van der Waals surface area contributed by atoms with Crippen molar-refractivity contribution in [2.24, 2.45) is 5.73 Å². The smallest absolute Gasteiger partial charge is 0.398 e.